The summed E-state index contributed by atoms with van der Waals surface area (Å²) in [5.41, 5.74) is 0. The zero-order valence-corrected chi connectivity index (χ0v) is 17.5. The Balaban J connectivity index is 5.92. The van der Waals surface area contributed by atoms with Crippen molar-refractivity contribution in [1.82, 2.24) is 0 Å². The minimum Gasteiger partial charge on any atom is -0.336 e. The third kappa shape index (κ3) is 3.30. The second-order valence-corrected chi connectivity index (χ2v) is 28.0. The van der Waals surface area contributed by atoms with Gasteiger partial charge in [-0.25, -0.2) is 0 Å². The summed E-state index contributed by atoms with van der Waals surface area (Å²) in [5.74, 6) is 0. The average molecular weight is 302 g/mol. The molecule has 0 saturated heterocycles. The third-order valence-electron chi connectivity index (χ3n) is 3.74. The number of rotatable bonds is 5. The molecular weight excluding hydrogens is 270 g/mol. The smallest absolute Gasteiger partial charge is 0.207 e. The Morgan fingerprint density at radius 2 is 1.06 bits per heavy atom. The van der Waals surface area contributed by atoms with Gasteiger partial charge in [-0.05, 0) is 17.0 Å². The maximum absolute atomic E-state index is 4.75. The van der Waals surface area contributed by atoms with E-state index in [-0.39, 0.29) is 0 Å². The molecule has 0 N–H and O–H groups in total. The van der Waals surface area contributed by atoms with Crippen molar-refractivity contribution in [2.75, 3.05) is 0 Å². The summed E-state index contributed by atoms with van der Waals surface area (Å²) in [7, 11) is -2.87. The quantitative estimate of drug-likeness (QED) is 0.524. The SMILES string of the molecule is C/C=N/[Si]C([Si](C)(C)C)([Si](C)(C)C)[Si](C)(C)C. The Labute approximate surface area is 114 Å². The molecule has 0 aromatic carbocycles. The summed E-state index contributed by atoms with van der Waals surface area (Å²) < 4.78 is 5.36. The normalized spacial score (nSPS) is 15.6. The zero-order valence-electron chi connectivity index (χ0n) is 13.5. The van der Waals surface area contributed by atoms with Gasteiger partial charge in [0.2, 0.25) is 9.68 Å². The highest BCUT2D eigenvalue weighted by molar-refractivity contribution is 7.23. The molecule has 0 spiro atoms. The Bertz CT molecular complexity index is 242. The summed E-state index contributed by atoms with van der Waals surface area (Å²) in [4.78, 5) is 0. The van der Waals surface area contributed by atoms with Crippen molar-refractivity contribution in [3.05, 3.63) is 0 Å². The van der Waals surface area contributed by atoms with E-state index in [1.165, 1.54) is 0 Å². The van der Waals surface area contributed by atoms with Crippen LogP contribution in [-0.2, 0) is 0 Å². The first kappa shape index (κ1) is 17.5. The van der Waals surface area contributed by atoms with Gasteiger partial charge in [0.25, 0.3) is 0 Å². The molecule has 0 aromatic heterocycles. The van der Waals surface area contributed by atoms with E-state index < -0.39 is 24.2 Å². The molecule has 0 unspecified atom stereocenters. The molecule has 0 aromatic rings. The largest absolute Gasteiger partial charge is 0.336 e. The Kier molecular flexibility index (Phi) is 5.43. The van der Waals surface area contributed by atoms with Gasteiger partial charge in [-0.3, -0.25) is 0 Å². The molecular formula is C12H31NSi4. The molecule has 0 rings (SSSR count). The third-order valence-corrected chi connectivity index (χ3v) is 32.5. The fourth-order valence-electron chi connectivity index (χ4n) is 4.04. The Morgan fingerprint density at radius 3 is 1.24 bits per heavy atom. The van der Waals surface area contributed by atoms with Crippen molar-refractivity contribution in [2.45, 2.75) is 69.8 Å². The molecule has 0 fully saturated rings. The highest BCUT2D eigenvalue weighted by atomic mass is 28.5. The van der Waals surface area contributed by atoms with Gasteiger partial charge in [-0.15, -0.1) is 0 Å². The van der Waals surface area contributed by atoms with Crippen LogP contribution < -0.4 is 0 Å². The molecule has 1 nitrogen and oxygen atoms in total. The van der Waals surface area contributed by atoms with E-state index >= 15 is 0 Å². The van der Waals surface area contributed by atoms with E-state index in [0.717, 1.165) is 9.68 Å². The minimum absolute atomic E-state index is 0.611. The molecule has 0 amide bonds. The van der Waals surface area contributed by atoms with Gasteiger partial charge >= 0.3 is 0 Å². The lowest BCUT2D eigenvalue weighted by Crippen LogP contribution is -2.68. The minimum atomic E-state index is -1.22. The fraction of sp³-hybridized carbons (Fsp3) is 0.917. The monoisotopic (exact) mass is 301 g/mol. The summed E-state index contributed by atoms with van der Waals surface area (Å²) in [6.07, 6.45) is 2.02. The number of nitrogens with zero attached hydrogens (tertiary/aromatic N) is 1. The van der Waals surface area contributed by atoms with Crippen molar-refractivity contribution >= 4 is 40.1 Å². The van der Waals surface area contributed by atoms with Crippen LogP contribution in [-0.4, -0.2) is 40.1 Å². The summed E-state index contributed by atoms with van der Waals surface area (Å²) in [5, 5.41) is 0. The van der Waals surface area contributed by atoms with E-state index in [9.17, 15) is 0 Å². The van der Waals surface area contributed by atoms with Gasteiger partial charge in [-0.2, -0.15) is 0 Å². The van der Waals surface area contributed by atoms with Crippen LogP contribution in [0.25, 0.3) is 0 Å². The molecule has 0 aliphatic carbocycles. The van der Waals surface area contributed by atoms with Gasteiger partial charge in [0, 0.05) is 24.2 Å². The summed E-state index contributed by atoms with van der Waals surface area (Å²) in [6, 6.07) is 0. The summed E-state index contributed by atoms with van der Waals surface area (Å²) >= 11 is 0. The number of hydrogen-bond donors (Lipinski definition) is 0. The molecule has 0 saturated carbocycles. The molecule has 2 radical (unpaired) electrons. The van der Waals surface area contributed by atoms with Crippen molar-refractivity contribution in [3.63, 3.8) is 0 Å². The van der Waals surface area contributed by atoms with E-state index in [2.05, 4.69) is 65.8 Å². The van der Waals surface area contributed by atoms with E-state index in [1.807, 2.05) is 6.21 Å². The average Bonchev–Trinajstić information content (AvgIpc) is 1.96. The van der Waals surface area contributed by atoms with Crippen LogP contribution in [0.5, 0.6) is 0 Å². The van der Waals surface area contributed by atoms with E-state index in [0.29, 0.717) is 3.91 Å². The Morgan fingerprint density at radius 1 is 0.765 bits per heavy atom. The fourth-order valence-corrected chi connectivity index (χ4v) is 36.0. The van der Waals surface area contributed by atoms with Crippen LogP contribution in [0.1, 0.15) is 6.92 Å². The molecule has 5 heteroatoms. The lowest BCUT2D eigenvalue weighted by Gasteiger charge is -2.57. The second kappa shape index (κ2) is 5.26. The standard InChI is InChI=1S/C12H31NSi4/c1-11-13-14-12(15(2,3)4,16(5,6)7)17(8,9)10/h11H,1-10H3/b13-11+. The van der Waals surface area contributed by atoms with Crippen LogP contribution in [0.2, 0.25) is 62.8 Å². The first-order chi connectivity index (χ1) is 7.31. The zero-order chi connectivity index (χ0) is 14.1. The molecule has 0 aliphatic rings. The van der Waals surface area contributed by atoms with Crippen LogP contribution in [0.3, 0.4) is 0 Å². The lowest BCUT2D eigenvalue weighted by atomic mass is 10.9. The van der Waals surface area contributed by atoms with E-state index in [4.69, 9.17) is 4.66 Å². The highest BCUT2D eigenvalue weighted by Crippen LogP contribution is 2.52. The predicted molar refractivity (Wildman–Crippen MR) is 92.7 cm³/mol. The number of hydrogen-bond acceptors (Lipinski definition) is 1. The molecule has 0 atom stereocenters. The van der Waals surface area contributed by atoms with Crippen molar-refractivity contribution in [2.24, 2.45) is 4.66 Å². The van der Waals surface area contributed by atoms with Gasteiger partial charge in [0.05, 0.1) is 0 Å². The molecule has 0 bridgehead atoms. The maximum Gasteiger partial charge on any atom is 0.207 e. The maximum atomic E-state index is 4.75. The van der Waals surface area contributed by atoms with Crippen LogP contribution in [0.4, 0.5) is 0 Å². The van der Waals surface area contributed by atoms with Crippen molar-refractivity contribution < 1.29 is 0 Å². The summed E-state index contributed by atoms with van der Waals surface area (Å²) in [6.45, 7) is 25.2. The van der Waals surface area contributed by atoms with Crippen LogP contribution >= 0.6 is 0 Å². The predicted octanol–water partition coefficient (Wildman–Crippen LogP) is 4.49. The first-order valence-corrected chi connectivity index (χ1v) is 18.0. The molecule has 17 heavy (non-hydrogen) atoms. The molecule has 0 heterocycles. The topological polar surface area (TPSA) is 12.4 Å². The van der Waals surface area contributed by atoms with Crippen LogP contribution in [0, 0.1) is 0 Å². The van der Waals surface area contributed by atoms with Crippen LogP contribution in [0.15, 0.2) is 4.66 Å². The Hall–Kier alpha value is 0.538. The van der Waals surface area contributed by atoms with Crippen molar-refractivity contribution in [1.29, 1.82) is 0 Å². The lowest BCUT2D eigenvalue weighted by molar-refractivity contribution is 1.22. The second-order valence-electron chi connectivity index (χ2n) is 8.00. The van der Waals surface area contributed by atoms with Gasteiger partial charge < -0.3 is 4.66 Å². The highest BCUT2D eigenvalue weighted by Gasteiger charge is 2.60. The van der Waals surface area contributed by atoms with Gasteiger partial charge in [0.1, 0.15) is 0 Å². The molecule has 100 valence electrons. The van der Waals surface area contributed by atoms with Crippen molar-refractivity contribution in [3.8, 4) is 0 Å². The van der Waals surface area contributed by atoms with Gasteiger partial charge in [-0.1, -0.05) is 58.9 Å². The van der Waals surface area contributed by atoms with E-state index in [1.54, 1.807) is 0 Å². The molecule has 0 aliphatic heterocycles. The first-order valence-electron chi connectivity index (χ1n) is 6.56. The van der Waals surface area contributed by atoms with Gasteiger partial charge in [0.15, 0.2) is 0 Å².